The first-order chi connectivity index (χ1) is 5.16. The van der Waals surface area contributed by atoms with E-state index in [1.807, 2.05) is 21.6 Å². The summed E-state index contributed by atoms with van der Waals surface area (Å²) in [4.78, 5) is 0. The lowest BCUT2D eigenvalue weighted by molar-refractivity contribution is 0.715. The fourth-order valence-electron chi connectivity index (χ4n) is 0.746. The molecule has 0 aromatic rings. The molecule has 1 atom stereocenters. The van der Waals surface area contributed by atoms with Crippen molar-refractivity contribution in [2.75, 3.05) is 0 Å². The summed E-state index contributed by atoms with van der Waals surface area (Å²) in [6.45, 7) is 9.09. The largest absolute Gasteiger partial charge is 0.0910 e. The van der Waals surface area contributed by atoms with Gasteiger partial charge < -0.3 is 0 Å². The Morgan fingerprint density at radius 3 is 2.18 bits per heavy atom. The topological polar surface area (TPSA) is 0 Å². The van der Waals surface area contributed by atoms with Crippen molar-refractivity contribution >= 4 is 21.6 Å². The average molecular weight is 192 g/mol. The second-order valence-corrected chi connectivity index (χ2v) is 6.48. The molecule has 0 N–H and O–H groups in total. The van der Waals surface area contributed by atoms with E-state index in [0.717, 1.165) is 10.5 Å². The zero-order valence-corrected chi connectivity index (χ0v) is 9.73. The van der Waals surface area contributed by atoms with Crippen LogP contribution in [-0.2, 0) is 0 Å². The van der Waals surface area contributed by atoms with E-state index in [2.05, 4.69) is 27.7 Å². The Labute approximate surface area is 79.3 Å². The van der Waals surface area contributed by atoms with Crippen molar-refractivity contribution in [2.45, 2.75) is 57.5 Å². The lowest BCUT2D eigenvalue weighted by Gasteiger charge is -2.10. The van der Waals surface area contributed by atoms with E-state index in [0.29, 0.717) is 0 Å². The van der Waals surface area contributed by atoms with Gasteiger partial charge in [0, 0.05) is 10.5 Å². The van der Waals surface area contributed by atoms with Crippen molar-refractivity contribution in [2.24, 2.45) is 0 Å². The SMILES string of the molecule is CCCCC(C)SSC(C)C. The minimum atomic E-state index is 0.768. The van der Waals surface area contributed by atoms with Gasteiger partial charge >= 0.3 is 0 Å². The van der Waals surface area contributed by atoms with Gasteiger partial charge in [0.2, 0.25) is 0 Å². The van der Waals surface area contributed by atoms with E-state index in [1.165, 1.54) is 19.3 Å². The van der Waals surface area contributed by atoms with Gasteiger partial charge in [-0.2, -0.15) is 0 Å². The number of unbranched alkanes of at least 4 members (excludes halogenated alkanes) is 1. The van der Waals surface area contributed by atoms with Crippen LogP contribution in [0.15, 0.2) is 0 Å². The van der Waals surface area contributed by atoms with Crippen LogP contribution >= 0.6 is 21.6 Å². The third-order valence-corrected chi connectivity index (χ3v) is 4.91. The van der Waals surface area contributed by atoms with E-state index in [1.54, 1.807) is 0 Å². The summed E-state index contributed by atoms with van der Waals surface area (Å²) in [6, 6.07) is 0. The third kappa shape index (κ3) is 8.61. The molecule has 2 heteroatoms. The summed E-state index contributed by atoms with van der Waals surface area (Å²) in [5, 5.41) is 1.60. The van der Waals surface area contributed by atoms with E-state index >= 15 is 0 Å². The molecule has 0 saturated heterocycles. The van der Waals surface area contributed by atoms with E-state index < -0.39 is 0 Å². The van der Waals surface area contributed by atoms with Gasteiger partial charge in [-0.25, -0.2) is 0 Å². The van der Waals surface area contributed by atoms with Gasteiger partial charge in [-0.05, 0) is 6.42 Å². The van der Waals surface area contributed by atoms with Crippen LogP contribution in [0.1, 0.15) is 47.0 Å². The molecule has 0 aliphatic heterocycles. The first kappa shape index (κ1) is 11.7. The van der Waals surface area contributed by atoms with Crippen LogP contribution in [0.4, 0.5) is 0 Å². The predicted molar refractivity (Wildman–Crippen MR) is 59.3 cm³/mol. The maximum Gasteiger partial charge on any atom is 0.0123 e. The molecule has 0 amide bonds. The fraction of sp³-hybridized carbons (Fsp3) is 1.00. The summed E-state index contributed by atoms with van der Waals surface area (Å²) >= 11 is 0. The molecule has 0 heterocycles. The van der Waals surface area contributed by atoms with Crippen LogP contribution in [-0.4, -0.2) is 10.5 Å². The molecule has 0 aromatic carbocycles. The second kappa shape index (κ2) is 7.35. The van der Waals surface area contributed by atoms with E-state index in [9.17, 15) is 0 Å². The van der Waals surface area contributed by atoms with E-state index in [-0.39, 0.29) is 0 Å². The molecule has 0 radical (unpaired) electrons. The molecule has 68 valence electrons. The normalized spacial score (nSPS) is 13.9. The highest BCUT2D eigenvalue weighted by Gasteiger charge is 2.03. The Bertz CT molecular complexity index is 81.6. The van der Waals surface area contributed by atoms with Gasteiger partial charge in [-0.1, -0.05) is 62.1 Å². The highest BCUT2D eigenvalue weighted by atomic mass is 33.1. The van der Waals surface area contributed by atoms with Crippen LogP contribution in [0.25, 0.3) is 0 Å². The third-order valence-electron chi connectivity index (χ3n) is 1.38. The molecule has 0 aromatic heterocycles. The summed E-state index contributed by atoms with van der Waals surface area (Å²) in [7, 11) is 4.05. The molecule has 0 bridgehead atoms. The minimum absolute atomic E-state index is 0.768. The molecule has 0 spiro atoms. The lowest BCUT2D eigenvalue weighted by Crippen LogP contribution is -1.94. The molecule has 1 unspecified atom stereocenters. The van der Waals surface area contributed by atoms with Crippen LogP contribution in [0.5, 0.6) is 0 Å². The van der Waals surface area contributed by atoms with Gasteiger partial charge in [0.05, 0.1) is 0 Å². The van der Waals surface area contributed by atoms with Crippen molar-refractivity contribution in [3.8, 4) is 0 Å². The Balaban J connectivity index is 3.15. The molecule has 0 nitrogen and oxygen atoms in total. The Morgan fingerprint density at radius 1 is 1.09 bits per heavy atom. The zero-order valence-electron chi connectivity index (χ0n) is 8.09. The zero-order chi connectivity index (χ0) is 8.69. The van der Waals surface area contributed by atoms with Crippen molar-refractivity contribution in [3.05, 3.63) is 0 Å². The molecule has 0 rings (SSSR count). The molecule has 11 heavy (non-hydrogen) atoms. The summed E-state index contributed by atoms with van der Waals surface area (Å²) in [5.41, 5.74) is 0. The van der Waals surface area contributed by atoms with Crippen molar-refractivity contribution in [1.82, 2.24) is 0 Å². The maximum absolute atomic E-state index is 2.33. The highest BCUT2D eigenvalue weighted by molar-refractivity contribution is 8.77. The number of hydrogen-bond donors (Lipinski definition) is 0. The molecule has 0 fully saturated rings. The Kier molecular flexibility index (Phi) is 7.82. The van der Waals surface area contributed by atoms with Crippen LogP contribution in [0.3, 0.4) is 0 Å². The predicted octanol–water partition coefficient (Wildman–Crippen LogP) is 4.35. The van der Waals surface area contributed by atoms with Gasteiger partial charge in [-0.3, -0.25) is 0 Å². The van der Waals surface area contributed by atoms with Crippen LogP contribution in [0, 0.1) is 0 Å². The Hall–Kier alpha value is 0.700. The fourth-order valence-corrected chi connectivity index (χ4v) is 2.94. The van der Waals surface area contributed by atoms with Gasteiger partial charge in [-0.15, -0.1) is 0 Å². The van der Waals surface area contributed by atoms with Crippen molar-refractivity contribution < 1.29 is 0 Å². The average Bonchev–Trinajstić information content (AvgIpc) is 1.97. The first-order valence-electron chi connectivity index (χ1n) is 4.49. The van der Waals surface area contributed by atoms with Gasteiger partial charge in [0.1, 0.15) is 0 Å². The van der Waals surface area contributed by atoms with Gasteiger partial charge in [0.25, 0.3) is 0 Å². The van der Waals surface area contributed by atoms with Crippen LogP contribution in [0.2, 0.25) is 0 Å². The quantitative estimate of drug-likeness (QED) is 0.574. The minimum Gasteiger partial charge on any atom is -0.0910 e. The number of rotatable bonds is 6. The van der Waals surface area contributed by atoms with E-state index in [4.69, 9.17) is 0 Å². The van der Waals surface area contributed by atoms with Gasteiger partial charge in [0.15, 0.2) is 0 Å². The molecular formula is C9H20S2. The molecule has 0 aliphatic carbocycles. The monoisotopic (exact) mass is 192 g/mol. The molecule has 0 aliphatic rings. The maximum atomic E-state index is 2.33. The lowest BCUT2D eigenvalue weighted by atomic mass is 10.2. The van der Waals surface area contributed by atoms with Crippen LogP contribution < -0.4 is 0 Å². The molecule has 0 saturated carbocycles. The highest BCUT2D eigenvalue weighted by Crippen LogP contribution is 2.32. The summed E-state index contributed by atoms with van der Waals surface area (Å²) in [5.74, 6) is 0. The van der Waals surface area contributed by atoms with Crippen molar-refractivity contribution in [3.63, 3.8) is 0 Å². The van der Waals surface area contributed by atoms with Crippen molar-refractivity contribution in [1.29, 1.82) is 0 Å². The number of hydrogen-bond acceptors (Lipinski definition) is 2. The molecular weight excluding hydrogens is 172 g/mol. The first-order valence-corrected chi connectivity index (χ1v) is 6.76. The summed E-state index contributed by atoms with van der Waals surface area (Å²) < 4.78 is 0. The summed E-state index contributed by atoms with van der Waals surface area (Å²) in [6.07, 6.45) is 4.09. The second-order valence-electron chi connectivity index (χ2n) is 3.19. The standard InChI is InChI=1S/C9H20S2/c1-5-6-7-9(4)11-10-8(2)3/h8-9H,5-7H2,1-4H3. The smallest absolute Gasteiger partial charge is 0.0123 e. The Morgan fingerprint density at radius 2 is 1.73 bits per heavy atom.